The Morgan fingerprint density at radius 2 is 2.00 bits per heavy atom. The van der Waals surface area contributed by atoms with Gasteiger partial charge in [0.15, 0.2) is 0 Å². The van der Waals surface area contributed by atoms with Crippen LogP contribution in [0.3, 0.4) is 0 Å². The maximum absolute atomic E-state index is 6.26. The number of benzene rings is 1. The molecule has 98 valence electrons. The number of hydrogen-bond donors (Lipinski definition) is 1. The molecule has 0 saturated heterocycles. The predicted molar refractivity (Wildman–Crippen MR) is 77.9 cm³/mol. The fourth-order valence-electron chi connectivity index (χ4n) is 1.89. The highest BCUT2D eigenvalue weighted by Gasteiger charge is 2.18. The van der Waals surface area contributed by atoms with Gasteiger partial charge in [-0.15, -0.1) is 0 Å². The normalized spacial score (nSPS) is 11.3. The number of nitrogens with one attached hydrogen (secondary N) is 1. The summed E-state index contributed by atoms with van der Waals surface area (Å²) in [4.78, 5) is 0. The molecule has 3 rings (SSSR count). The standard InChI is InChI=1S/C12H9Cl2N3OS/c1-15-5-6-2-3-9(18-6)10-7(13)4-8(14)11-12(10)17-19-16-11/h2-4,15H,5H2,1H3. The van der Waals surface area contributed by atoms with Crippen LogP contribution in [0.5, 0.6) is 0 Å². The maximum atomic E-state index is 6.26. The molecule has 0 fully saturated rings. The van der Waals surface area contributed by atoms with E-state index in [0.717, 1.165) is 23.1 Å². The molecule has 4 nitrogen and oxygen atoms in total. The lowest BCUT2D eigenvalue weighted by Gasteiger charge is -2.03. The zero-order chi connectivity index (χ0) is 13.4. The van der Waals surface area contributed by atoms with Crippen LogP contribution in [0.15, 0.2) is 22.6 Å². The summed E-state index contributed by atoms with van der Waals surface area (Å²) in [5, 5.41) is 4.04. The summed E-state index contributed by atoms with van der Waals surface area (Å²) < 4.78 is 14.2. The van der Waals surface area contributed by atoms with Crippen molar-refractivity contribution in [2.75, 3.05) is 7.05 Å². The highest BCUT2D eigenvalue weighted by atomic mass is 35.5. The summed E-state index contributed by atoms with van der Waals surface area (Å²) in [7, 11) is 1.86. The largest absolute Gasteiger partial charge is 0.460 e. The smallest absolute Gasteiger partial charge is 0.138 e. The van der Waals surface area contributed by atoms with E-state index in [2.05, 4.69) is 14.1 Å². The van der Waals surface area contributed by atoms with Gasteiger partial charge in [-0.2, -0.15) is 8.75 Å². The number of fused-ring (bicyclic) bond motifs is 1. The topological polar surface area (TPSA) is 51.0 Å². The average Bonchev–Trinajstić information content (AvgIpc) is 2.99. The van der Waals surface area contributed by atoms with Crippen molar-refractivity contribution in [3.8, 4) is 11.3 Å². The Morgan fingerprint density at radius 3 is 2.79 bits per heavy atom. The van der Waals surface area contributed by atoms with Crippen LogP contribution in [-0.2, 0) is 6.54 Å². The Balaban J connectivity index is 2.20. The monoisotopic (exact) mass is 313 g/mol. The molecule has 2 aromatic heterocycles. The summed E-state index contributed by atoms with van der Waals surface area (Å²) in [5.74, 6) is 1.50. The van der Waals surface area contributed by atoms with Crippen LogP contribution in [-0.4, -0.2) is 15.8 Å². The van der Waals surface area contributed by atoms with Crippen LogP contribution >= 0.6 is 34.9 Å². The third-order valence-corrected chi connectivity index (χ3v) is 3.82. The Labute approximate surface area is 123 Å². The number of rotatable bonds is 3. The van der Waals surface area contributed by atoms with Gasteiger partial charge in [-0.05, 0) is 25.2 Å². The number of aromatic nitrogens is 2. The molecule has 0 aliphatic heterocycles. The first-order valence-corrected chi connectivity index (χ1v) is 7.03. The lowest BCUT2D eigenvalue weighted by Crippen LogP contribution is -2.03. The molecule has 0 unspecified atom stereocenters. The lowest BCUT2D eigenvalue weighted by atomic mass is 10.1. The fourth-order valence-corrected chi connectivity index (χ4v) is 3.10. The molecule has 0 aliphatic rings. The molecule has 0 saturated carbocycles. The molecule has 0 spiro atoms. The first kappa shape index (κ1) is 12.9. The van der Waals surface area contributed by atoms with E-state index in [1.165, 1.54) is 0 Å². The molecular weight excluding hydrogens is 305 g/mol. The summed E-state index contributed by atoms with van der Waals surface area (Å²) in [6, 6.07) is 5.45. The first-order valence-electron chi connectivity index (χ1n) is 5.54. The van der Waals surface area contributed by atoms with Gasteiger partial charge in [0, 0.05) is 0 Å². The Hall–Kier alpha value is -1.14. The van der Waals surface area contributed by atoms with Crippen molar-refractivity contribution in [3.63, 3.8) is 0 Å². The molecule has 0 atom stereocenters. The van der Waals surface area contributed by atoms with Crippen LogP contribution in [0.4, 0.5) is 0 Å². The molecule has 1 aromatic carbocycles. The van der Waals surface area contributed by atoms with Gasteiger partial charge in [0.25, 0.3) is 0 Å². The Morgan fingerprint density at radius 1 is 1.21 bits per heavy atom. The fraction of sp³-hybridized carbons (Fsp3) is 0.167. The van der Waals surface area contributed by atoms with Gasteiger partial charge in [-0.1, -0.05) is 23.2 Å². The maximum Gasteiger partial charge on any atom is 0.138 e. The number of halogens is 2. The van der Waals surface area contributed by atoms with Gasteiger partial charge in [0.2, 0.25) is 0 Å². The third kappa shape index (κ3) is 2.23. The molecule has 7 heteroatoms. The molecule has 3 aromatic rings. The van der Waals surface area contributed by atoms with Crippen molar-refractivity contribution in [3.05, 3.63) is 34.0 Å². The molecule has 19 heavy (non-hydrogen) atoms. The van der Waals surface area contributed by atoms with Crippen LogP contribution in [0.1, 0.15) is 5.76 Å². The van der Waals surface area contributed by atoms with E-state index in [1.54, 1.807) is 6.07 Å². The van der Waals surface area contributed by atoms with E-state index in [1.807, 2.05) is 19.2 Å². The molecule has 0 bridgehead atoms. The van der Waals surface area contributed by atoms with Crippen molar-refractivity contribution in [2.45, 2.75) is 6.54 Å². The highest BCUT2D eigenvalue weighted by molar-refractivity contribution is 7.00. The third-order valence-electron chi connectivity index (χ3n) is 2.70. The number of furan rings is 1. The lowest BCUT2D eigenvalue weighted by molar-refractivity contribution is 0.507. The van der Waals surface area contributed by atoms with Gasteiger partial charge in [0.1, 0.15) is 22.6 Å². The van der Waals surface area contributed by atoms with Crippen LogP contribution in [0, 0.1) is 0 Å². The Bertz CT molecular complexity index is 738. The van der Waals surface area contributed by atoms with E-state index in [4.69, 9.17) is 27.6 Å². The second kappa shape index (κ2) is 5.09. The number of hydrogen-bond acceptors (Lipinski definition) is 5. The van der Waals surface area contributed by atoms with Crippen molar-refractivity contribution in [1.82, 2.24) is 14.1 Å². The average molecular weight is 314 g/mol. The quantitative estimate of drug-likeness (QED) is 0.794. The summed E-state index contributed by atoms with van der Waals surface area (Å²) in [6.07, 6.45) is 0. The van der Waals surface area contributed by atoms with Gasteiger partial charge in [-0.25, -0.2) is 0 Å². The molecular formula is C12H9Cl2N3OS. The van der Waals surface area contributed by atoms with E-state index >= 15 is 0 Å². The van der Waals surface area contributed by atoms with E-state index in [9.17, 15) is 0 Å². The van der Waals surface area contributed by atoms with Gasteiger partial charge in [-0.3, -0.25) is 0 Å². The van der Waals surface area contributed by atoms with Gasteiger partial charge >= 0.3 is 0 Å². The minimum atomic E-state index is 0.500. The van der Waals surface area contributed by atoms with Crippen LogP contribution in [0.25, 0.3) is 22.4 Å². The molecule has 2 heterocycles. The van der Waals surface area contributed by atoms with Gasteiger partial charge in [0.05, 0.1) is 33.9 Å². The SMILES string of the molecule is CNCc1ccc(-c2c(Cl)cc(Cl)c3nsnc23)o1. The Kier molecular flexibility index (Phi) is 3.45. The molecule has 0 aliphatic carbocycles. The predicted octanol–water partition coefficient (Wildman–Crippen LogP) is 3.98. The van der Waals surface area contributed by atoms with Crippen LogP contribution < -0.4 is 5.32 Å². The van der Waals surface area contributed by atoms with E-state index in [-0.39, 0.29) is 0 Å². The minimum absolute atomic E-state index is 0.500. The summed E-state index contributed by atoms with van der Waals surface area (Å²) in [5.41, 5.74) is 2.06. The molecule has 1 N–H and O–H groups in total. The second-order valence-corrected chi connectivity index (χ2v) is 5.32. The van der Waals surface area contributed by atoms with Crippen molar-refractivity contribution in [1.29, 1.82) is 0 Å². The minimum Gasteiger partial charge on any atom is -0.460 e. The molecule has 0 amide bonds. The first-order chi connectivity index (χ1) is 9.20. The van der Waals surface area contributed by atoms with E-state index in [0.29, 0.717) is 33.4 Å². The van der Waals surface area contributed by atoms with Crippen LogP contribution in [0.2, 0.25) is 10.0 Å². The van der Waals surface area contributed by atoms with Crippen molar-refractivity contribution < 1.29 is 4.42 Å². The summed E-state index contributed by atoms with van der Waals surface area (Å²) >= 11 is 13.5. The van der Waals surface area contributed by atoms with Crippen molar-refractivity contribution in [2.24, 2.45) is 0 Å². The van der Waals surface area contributed by atoms with Crippen molar-refractivity contribution >= 4 is 46.0 Å². The summed E-state index contributed by atoms with van der Waals surface area (Å²) in [6.45, 7) is 0.656. The zero-order valence-corrected chi connectivity index (χ0v) is 12.2. The van der Waals surface area contributed by atoms with Gasteiger partial charge < -0.3 is 9.73 Å². The zero-order valence-electron chi connectivity index (χ0n) is 9.91. The second-order valence-electron chi connectivity index (χ2n) is 3.97. The number of nitrogens with zero attached hydrogens (tertiary/aromatic N) is 2. The molecule has 0 radical (unpaired) electrons. The van der Waals surface area contributed by atoms with E-state index < -0.39 is 0 Å². The highest BCUT2D eigenvalue weighted by Crippen LogP contribution is 2.38.